The molecule has 0 aliphatic rings. The summed E-state index contributed by atoms with van der Waals surface area (Å²) in [5.41, 5.74) is 0. The van der Waals surface area contributed by atoms with Crippen molar-refractivity contribution in [2.75, 3.05) is 0 Å². The van der Waals surface area contributed by atoms with Crippen molar-refractivity contribution in [3.8, 4) is 0 Å². The molecular formula is C11H25NOS2. The molecule has 0 aromatic carbocycles. The predicted octanol–water partition coefficient (Wildman–Crippen LogP) is 3.53. The molecular weight excluding hydrogens is 226 g/mol. The van der Waals surface area contributed by atoms with Crippen LogP contribution in [0, 0.1) is 0 Å². The summed E-state index contributed by atoms with van der Waals surface area (Å²) in [4.78, 5) is 0. The van der Waals surface area contributed by atoms with Gasteiger partial charge in [-0.05, 0) is 6.42 Å². The van der Waals surface area contributed by atoms with E-state index in [0.29, 0.717) is 6.42 Å². The summed E-state index contributed by atoms with van der Waals surface area (Å²) in [6, 6.07) is 0. The first-order valence-electron chi connectivity index (χ1n) is 5.98. The Kier molecular flexibility index (Phi) is 10.2. The summed E-state index contributed by atoms with van der Waals surface area (Å²) in [5.74, 6) is 0. The molecule has 1 unspecified atom stereocenters. The highest BCUT2D eigenvalue weighted by atomic mass is 32.1. The average Bonchev–Trinajstić information content (AvgIpc) is 2.22. The standard InChI is InChI=1S/C11H25NOS2/c1-2-3-4-5-6-7-8-9-10-11(13,14)12-15/h12-15H,2-10H2,1H3. The van der Waals surface area contributed by atoms with Gasteiger partial charge in [-0.1, -0.05) is 64.7 Å². The van der Waals surface area contributed by atoms with Crippen molar-refractivity contribution in [2.45, 2.75) is 69.8 Å². The largest absolute Gasteiger partial charge is 0.366 e. The van der Waals surface area contributed by atoms with Gasteiger partial charge in [-0.3, -0.25) is 0 Å². The Balaban J connectivity index is 3.11. The van der Waals surface area contributed by atoms with Gasteiger partial charge >= 0.3 is 0 Å². The number of thiol groups is 2. The van der Waals surface area contributed by atoms with E-state index in [1.807, 2.05) is 0 Å². The Morgan fingerprint density at radius 1 is 1.00 bits per heavy atom. The Bertz CT molecular complexity index is 143. The van der Waals surface area contributed by atoms with E-state index in [4.69, 9.17) is 0 Å². The fourth-order valence-electron chi connectivity index (χ4n) is 1.56. The van der Waals surface area contributed by atoms with Crippen LogP contribution in [0.5, 0.6) is 0 Å². The van der Waals surface area contributed by atoms with E-state index >= 15 is 0 Å². The monoisotopic (exact) mass is 251 g/mol. The van der Waals surface area contributed by atoms with E-state index < -0.39 is 5.06 Å². The molecule has 0 aliphatic carbocycles. The minimum absolute atomic E-state index is 0.647. The highest BCUT2D eigenvalue weighted by Gasteiger charge is 2.17. The molecule has 0 rings (SSSR count). The van der Waals surface area contributed by atoms with Gasteiger partial charge in [0, 0.05) is 6.42 Å². The molecule has 0 saturated carbocycles. The molecule has 0 saturated heterocycles. The molecule has 0 aromatic rings. The molecule has 1 atom stereocenters. The van der Waals surface area contributed by atoms with E-state index in [0.717, 1.165) is 6.42 Å². The molecule has 0 aromatic heterocycles. The minimum Gasteiger partial charge on any atom is -0.366 e. The summed E-state index contributed by atoms with van der Waals surface area (Å²) in [5, 5.41) is 8.37. The van der Waals surface area contributed by atoms with Crippen LogP contribution >= 0.6 is 25.4 Å². The Hall–Kier alpha value is 0.620. The zero-order chi connectivity index (χ0) is 11.6. The van der Waals surface area contributed by atoms with E-state index in [9.17, 15) is 5.11 Å². The van der Waals surface area contributed by atoms with Gasteiger partial charge in [0.1, 0.15) is 0 Å². The first-order chi connectivity index (χ1) is 7.12. The summed E-state index contributed by atoms with van der Waals surface area (Å²) < 4.78 is 2.47. The van der Waals surface area contributed by atoms with Crippen LogP contribution in [0.15, 0.2) is 0 Å². The molecule has 0 bridgehead atoms. The molecule has 0 radical (unpaired) electrons. The maximum absolute atomic E-state index is 9.47. The Labute approximate surface area is 105 Å². The summed E-state index contributed by atoms with van der Waals surface area (Å²) in [7, 11) is 0. The molecule has 0 fully saturated rings. The molecule has 2 nitrogen and oxygen atoms in total. The highest BCUT2D eigenvalue weighted by molar-refractivity contribution is 7.84. The van der Waals surface area contributed by atoms with Gasteiger partial charge in [-0.15, -0.1) is 12.6 Å². The maximum Gasteiger partial charge on any atom is 0.170 e. The lowest BCUT2D eigenvalue weighted by Gasteiger charge is -2.19. The number of unbranched alkanes of at least 4 members (excludes halogenated alkanes) is 7. The second-order valence-electron chi connectivity index (χ2n) is 4.15. The van der Waals surface area contributed by atoms with Crippen molar-refractivity contribution in [3.63, 3.8) is 0 Å². The third-order valence-electron chi connectivity index (χ3n) is 2.56. The minimum atomic E-state index is -1.11. The van der Waals surface area contributed by atoms with Crippen LogP contribution in [0.25, 0.3) is 0 Å². The normalized spacial score (nSPS) is 15.2. The molecule has 92 valence electrons. The lowest BCUT2D eigenvalue weighted by Crippen LogP contribution is -2.32. The number of aliphatic hydroxyl groups is 1. The summed E-state index contributed by atoms with van der Waals surface area (Å²) in [6.07, 6.45) is 10.8. The molecule has 0 spiro atoms. The molecule has 0 aliphatic heterocycles. The topological polar surface area (TPSA) is 32.3 Å². The Morgan fingerprint density at radius 2 is 1.47 bits per heavy atom. The predicted molar refractivity (Wildman–Crippen MR) is 73.3 cm³/mol. The second kappa shape index (κ2) is 9.82. The van der Waals surface area contributed by atoms with Crippen LogP contribution in [-0.4, -0.2) is 10.2 Å². The molecule has 15 heavy (non-hydrogen) atoms. The zero-order valence-corrected chi connectivity index (χ0v) is 11.5. The lowest BCUT2D eigenvalue weighted by atomic mass is 10.1. The number of hydrogen-bond donors (Lipinski definition) is 4. The van der Waals surface area contributed by atoms with Gasteiger partial charge in [0.2, 0.25) is 0 Å². The third-order valence-corrected chi connectivity index (χ3v) is 3.44. The molecule has 0 amide bonds. The van der Waals surface area contributed by atoms with Gasteiger partial charge in [0.25, 0.3) is 0 Å². The van der Waals surface area contributed by atoms with Crippen LogP contribution < -0.4 is 4.72 Å². The fraction of sp³-hybridized carbons (Fsp3) is 1.00. The summed E-state index contributed by atoms with van der Waals surface area (Å²) in [6.45, 7) is 2.23. The van der Waals surface area contributed by atoms with Gasteiger partial charge in [-0.25, -0.2) is 4.72 Å². The van der Waals surface area contributed by atoms with Gasteiger partial charge in [0.05, 0.1) is 0 Å². The maximum atomic E-state index is 9.47. The average molecular weight is 251 g/mol. The van der Waals surface area contributed by atoms with E-state index in [1.165, 1.54) is 44.9 Å². The van der Waals surface area contributed by atoms with Crippen LogP contribution in [0.2, 0.25) is 0 Å². The van der Waals surface area contributed by atoms with Crippen molar-refractivity contribution in [1.29, 1.82) is 0 Å². The molecule has 4 heteroatoms. The number of hydrogen-bond acceptors (Lipinski definition) is 4. The number of nitrogens with one attached hydrogen (secondary N) is 1. The van der Waals surface area contributed by atoms with Crippen molar-refractivity contribution >= 4 is 25.4 Å². The Morgan fingerprint density at radius 3 is 1.93 bits per heavy atom. The van der Waals surface area contributed by atoms with Crippen LogP contribution in [0.4, 0.5) is 0 Å². The zero-order valence-electron chi connectivity index (χ0n) is 9.71. The SMILES string of the molecule is CCCCCCCCCCC(O)(S)NS. The fourth-order valence-corrected chi connectivity index (χ4v) is 1.83. The quantitative estimate of drug-likeness (QED) is 0.272. The van der Waals surface area contributed by atoms with Crippen LogP contribution in [-0.2, 0) is 0 Å². The van der Waals surface area contributed by atoms with Crippen LogP contribution in [0.3, 0.4) is 0 Å². The van der Waals surface area contributed by atoms with Crippen molar-refractivity contribution in [2.24, 2.45) is 0 Å². The first kappa shape index (κ1) is 15.6. The lowest BCUT2D eigenvalue weighted by molar-refractivity contribution is 0.119. The van der Waals surface area contributed by atoms with E-state index in [-0.39, 0.29) is 0 Å². The van der Waals surface area contributed by atoms with Crippen molar-refractivity contribution in [3.05, 3.63) is 0 Å². The summed E-state index contributed by atoms with van der Waals surface area (Å²) >= 11 is 7.83. The smallest absolute Gasteiger partial charge is 0.170 e. The molecule has 0 heterocycles. The highest BCUT2D eigenvalue weighted by Crippen LogP contribution is 2.17. The number of rotatable bonds is 10. The van der Waals surface area contributed by atoms with Gasteiger partial charge in [-0.2, -0.15) is 0 Å². The second-order valence-corrected chi connectivity index (χ2v) is 5.12. The molecule has 2 N–H and O–H groups in total. The van der Waals surface area contributed by atoms with Crippen molar-refractivity contribution in [1.82, 2.24) is 4.72 Å². The van der Waals surface area contributed by atoms with Crippen LogP contribution in [0.1, 0.15) is 64.7 Å². The van der Waals surface area contributed by atoms with Gasteiger partial charge in [0.15, 0.2) is 5.06 Å². The van der Waals surface area contributed by atoms with E-state index in [2.05, 4.69) is 37.1 Å². The van der Waals surface area contributed by atoms with Gasteiger partial charge < -0.3 is 5.11 Å². The van der Waals surface area contributed by atoms with E-state index in [1.54, 1.807) is 0 Å². The third kappa shape index (κ3) is 10.9. The van der Waals surface area contributed by atoms with Crippen molar-refractivity contribution < 1.29 is 5.11 Å². The first-order valence-corrected chi connectivity index (χ1v) is 6.88.